The molecule has 0 amide bonds. The van der Waals surface area contributed by atoms with Gasteiger partial charge in [0.15, 0.2) is 0 Å². The molecule has 0 aromatic rings. The quantitative estimate of drug-likeness (QED) is 0.171. The number of carbonyl (C=O) groups excluding carboxylic acids is 2. The molecule has 0 atom stereocenters. The van der Waals surface area contributed by atoms with E-state index in [1.807, 2.05) is 0 Å². The van der Waals surface area contributed by atoms with Gasteiger partial charge in [0.25, 0.3) is 0 Å². The van der Waals surface area contributed by atoms with Crippen molar-refractivity contribution in [2.24, 2.45) is 11.8 Å². The number of esters is 2. The first-order valence-electron chi connectivity index (χ1n) is 13.1. The monoisotopic (exact) mass is 450 g/mol. The topological polar surface area (TPSA) is 61.8 Å². The van der Waals surface area contributed by atoms with Gasteiger partial charge < -0.3 is 14.2 Å². The van der Waals surface area contributed by atoms with Gasteiger partial charge in [-0.25, -0.2) is 4.79 Å². The summed E-state index contributed by atoms with van der Waals surface area (Å²) in [5, 5.41) is 0. The van der Waals surface area contributed by atoms with Gasteiger partial charge in [0, 0.05) is 12.2 Å². The molecular formula is C27H46O5. The van der Waals surface area contributed by atoms with Crippen molar-refractivity contribution in [3.63, 3.8) is 0 Å². The molecule has 32 heavy (non-hydrogen) atoms. The van der Waals surface area contributed by atoms with Gasteiger partial charge in [0.1, 0.15) is 6.10 Å². The molecule has 2 fully saturated rings. The maximum atomic E-state index is 12.6. The van der Waals surface area contributed by atoms with Crippen molar-refractivity contribution in [1.29, 1.82) is 0 Å². The lowest BCUT2D eigenvalue weighted by Crippen LogP contribution is -2.31. The Labute approximate surface area is 195 Å². The number of hydrogen-bond acceptors (Lipinski definition) is 5. The first kappa shape index (κ1) is 26.9. The van der Waals surface area contributed by atoms with Crippen molar-refractivity contribution >= 4 is 11.9 Å². The Balaban J connectivity index is 1.46. The lowest BCUT2D eigenvalue weighted by atomic mass is 9.84. The summed E-state index contributed by atoms with van der Waals surface area (Å²) in [7, 11) is 0. The summed E-state index contributed by atoms with van der Waals surface area (Å²) in [5.41, 5.74) is 0.450. The van der Waals surface area contributed by atoms with Crippen molar-refractivity contribution in [3.8, 4) is 0 Å². The molecule has 0 spiro atoms. The SMILES string of the molecule is C=C(C)C(=O)OCCCCCCO[C@H]1CC[C@H](C(=O)O[C@H]2CC[C@H](CCCC)CC2)CC1. The van der Waals surface area contributed by atoms with Crippen molar-refractivity contribution in [1.82, 2.24) is 0 Å². The zero-order valence-corrected chi connectivity index (χ0v) is 20.6. The highest BCUT2D eigenvalue weighted by atomic mass is 16.5. The van der Waals surface area contributed by atoms with Crippen molar-refractivity contribution in [2.45, 2.75) is 122 Å². The predicted octanol–water partition coefficient (Wildman–Crippen LogP) is 6.53. The molecule has 2 rings (SSSR count). The number of hydrogen-bond donors (Lipinski definition) is 0. The average Bonchev–Trinajstić information content (AvgIpc) is 2.80. The third kappa shape index (κ3) is 10.5. The maximum absolute atomic E-state index is 12.6. The van der Waals surface area contributed by atoms with Gasteiger partial charge in [-0.3, -0.25) is 4.79 Å². The van der Waals surface area contributed by atoms with E-state index in [2.05, 4.69) is 13.5 Å². The highest BCUT2D eigenvalue weighted by molar-refractivity contribution is 5.86. The molecule has 2 aliphatic carbocycles. The summed E-state index contributed by atoms with van der Waals surface area (Å²) in [5.74, 6) is 0.640. The van der Waals surface area contributed by atoms with Crippen LogP contribution in [0.5, 0.6) is 0 Å². The molecule has 0 aromatic carbocycles. The molecule has 5 heteroatoms. The van der Waals surface area contributed by atoms with Gasteiger partial charge in [0.05, 0.1) is 18.6 Å². The Bertz CT molecular complexity index is 556. The first-order chi connectivity index (χ1) is 15.5. The van der Waals surface area contributed by atoms with Crippen molar-refractivity contribution in [2.75, 3.05) is 13.2 Å². The molecule has 0 N–H and O–H groups in total. The standard InChI is InChI=1S/C27H46O5/c1-4-5-10-22-11-15-25(16-12-22)32-27(29)23-13-17-24(18-14-23)30-19-8-6-7-9-20-31-26(28)21(2)3/h22-25H,2,4-20H2,1,3H3/t22-,23-,24-,25-. The van der Waals surface area contributed by atoms with Crippen LogP contribution in [0.4, 0.5) is 0 Å². The van der Waals surface area contributed by atoms with Crippen LogP contribution in [0, 0.1) is 11.8 Å². The van der Waals surface area contributed by atoms with E-state index in [1.54, 1.807) is 6.92 Å². The van der Waals surface area contributed by atoms with E-state index in [1.165, 1.54) is 32.1 Å². The van der Waals surface area contributed by atoms with Crippen LogP contribution in [0.25, 0.3) is 0 Å². The van der Waals surface area contributed by atoms with Crippen LogP contribution in [0.2, 0.25) is 0 Å². The zero-order chi connectivity index (χ0) is 23.2. The minimum Gasteiger partial charge on any atom is -0.462 e. The third-order valence-corrected chi connectivity index (χ3v) is 7.02. The number of rotatable bonds is 14. The van der Waals surface area contributed by atoms with Gasteiger partial charge in [-0.05, 0) is 83.5 Å². The fourth-order valence-corrected chi connectivity index (χ4v) is 4.85. The molecule has 0 saturated heterocycles. The van der Waals surface area contributed by atoms with Crippen LogP contribution < -0.4 is 0 Å². The van der Waals surface area contributed by atoms with E-state index in [0.717, 1.165) is 76.7 Å². The van der Waals surface area contributed by atoms with Crippen LogP contribution in [0.3, 0.4) is 0 Å². The van der Waals surface area contributed by atoms with Crippen molar-refractivity contribution in [3.05, 3.63) is 12.2 Å². The second-order valence-corrected chi connectivity index (χ2v) is 9.90. The highest BCUT2D eigenvalue weighted by Crippen LogP contribution is 2.32. The van der Waals surface area contributed by atoms with Gasteiger partial charge in [-0.2, -0.15) is 0 Å². The Hall–Kier alpha value is -1.36. The molecule has 0 bridgehead atoms. The van der Waals surface area contributed by atoms with Gasteiger partial charge in [0.2, 0.25) is 0 Å². The molecule has 2 saturated carbocycles. The summed E-state index contributed by atoms with van der Waals surface area (Å²) in [6, 6.07) is 0. The normalized spacial score (nSPS) is 25.8. The number of unbranched alkanes of at least 4 members (excludes halogenated alkanes) is 4. The van der Waals surface area contributed by atoms with E-state index < -0.39 is 0 Å². The van der Waals surface area contributed by atoms with Crippen LogP contribution in [0.1, 0.15) is 110 Å². The molecule has 0 unspecified atom stereocenters. The molecule has 184 valence electrons. The fraction of sp³-hybridized carbons (Fsp3) is 0.852. The molecule has 0 heterocycles. The van der Waals surface area contributed by atoms with E-state index in [9.17, 15) is 9.59 Å². The Morgan fingerprint density at radius 1 is 0.812 bits per heavy atom. The fourth-order valence-electron chi connectivity index (χ4n) is 4.85. The van der Waals surface area contributed by atoms with Crippen molar-refractivity contribution < 1.29 is 23.8 Å². The minimum absolute atomic E-state index is 0.0350. The van der Waals surface area contributed by atoms with Gasteiger partial charge in [-0.15, -0.1) is 0 Å². The van der Waals surface area contributed by atoms with E-state index in [0.29, 0.717) is 12.2 Å². The zero-order valence-electron chi connectivity index (χ0n) is 20.6. The number of carbonyl (C=O) groups is 2. The van der Waals surface area contributed by atoms with Gasteiger partial charge in [-0.1, -0.05) is 39.2 Å². The Morgan fingerprint density at radius 3 is 2.06 bits per heavy atom. The third-order valence-electron chi connectivity index (χ3n) is 7.02. The minimum atomic E-state index is -0.303. The van der Waals surface area contributed by atoms with Crippen LogP contribution in [0.15, 0.2) is 12.2 Å². The molecular weight excluding hydrogens is 404 g/mol. The van der Waals surface area contributed by atoms with Crippen LogP contribution in [-0.4, -0.2) is 37.4 Å². The summed E-state index contributed by atoms with van der Waals surface area (Å²) in [6.45, 7) is 8.72. The summed E-state index contributed by atoms with van der Waals surface area (Å²) < 4.78 is 17.0. The number of ether oxygens (including phenoxy) is 3. The highest BCUT2D eigenvalue weighted by Gasteiger charge is 2.30. The predicted molar refractivity (Wildman–Crippen MR) is 127 cm³/mol. The molecule has 0 aliphatic heterocycles. The molecule has 0 aromatic heterocycles. The molecule has 0 radical (unpaired) electrons. The second kappa shape index (κ2) is 15.5. The van der Waals surface area contributed by atoms with Crippen LogP contribution in [-0.2, 0) is 23.8 Å². The molecule has 5 nitrogen and oxygen atoms in total. The lowest BCUT2D eigenvalue weighted by Gasteiger charge is -2.31. The maximum Gasteiger partial charge on any atom is 0.333 e. The smallest absolute Gasteiger partial charge is 0.333 e. The molecule has 2 aliphatic rings. The van der Waals surface area contributed by atoms with E-state index in [-0.39, 0.29) is 30.1 Å². The van der Waals surface area contributed by atoms with E-state index in [4.69, 9.17) is 14.2 Å². The van der Waals surface area contributed by atoms with Gasteiger partial charge >= 0.3 is 11.9 Å². The Morgan fingerprint density at radius 2 is 1.44 bits per heavy atom. The second-order valence-electron chi connectivity index (χ2n) is 9.90. The van der Waals surface area contributed by atoms with Crippen LogP contribution >= 0.6 is 0 Å². The summed E-state index contributed by atoms with van der Waals surface area (Å²) >= 11 is 0. The summed E-state index contributed by atoms with van der Waals surface area (Å²) in [6.07, 6.45) is 16.6. The van der Waals surface area contributed by atoms with E-state index >= 15 is 0 Å². The largest absolute Gasteiger partial charge is 0.462 e. The summed E-state index contributed by atoms with van der Waals surface area (Å²) in [4.78, 5) is 23.9. The Kier molecular flexibility index (Phi) is 13.0. The average molecular weight is 451 g/mol. The lowest BCUT2D eigenvalue weighted by molar-refractivity contribution is -0.158. The first-order valence-corrected chi connectivity index (χ1v) is 13.1.